The van der Waals surface area contributed by atoms with Crippen LogP contribution in [-0.2, 0) is 4.79 Å². The summed E-state index contributed by atoms with van der Waals surface area (Å²) in [5.41, 5.74) is 5.91. The highest BCUT2D eigenvalue weighted by atomic mass is 32.2. The highest BCUT2D eigenvalue weighted by molar-refractivity contribution is 7.99. The van der Waals surface area contributed by atoms with Crippen LogP contribution in [-0.4, -0.2) is 29.2 Å². The van der Waals surface area contributed by atoms with Crippen molar-refractivity contribution >= 4 is 23.4 Å². The number of nitrogens with zero attached hydrogens (tertiary/aromatic N) is 1. The molecule has 0 unspecified atom stereocenters. The summed E-state index contributed by atoms with van der Waals surface area (Å²) in [6.07, 6.45) is 1.35. The van der Waals surface area contributed by atoms with Crippen LogP contribution in [0.2, 0.25) is 0 Å². The second kappa shape index (κ2) is 7.50. The van der Waals surface area contributed by atoms with Crippen LogP contribution >= 0.6 is 11.8 Å². The Bertz CT molecular complexity index is 535. The van der Waals surface area contributed by atoms with E-state index in [4.69, 9.17) is 4.74 Å². The summed E-state index contributed by atoms with van der Waals surface area (Å²) in [7, 11) is 0. The van der Waals surface area contributed by atoms with E-state index >= 15 is 0 Å². The number of benzene rings is 1. The lowest BCUT2D eigenvalue weighted by Crippen LogP contribution is -2.34. The average molecular weight is 306 g/mol. The van der Waals surface area contributed by atoms with Crippen LogP contribution in [0.1, 0.15) is 30.9 Å². The number of hydrogen-bond acceptors (Lipinski definition) is 4. The molecule has 1 saturated heterocycles. The van der Waals surface area contributed by atoms with Crippen molar-refractivity contribution in [2.45, 2.75) is 39.7 Å². The largest absolute Gasteiger partial charge is 0.481 e. The summed E-state index contributed by atoms with van der Waals surface area (Å²) in [5.74, 6) is 2.72. The highest BCUT2D eigenvalue weighted by Gasteiger charge is 2.16. The Balaban J connectivity index is 1.91. The molecule has 0 saturated carbocycles. The van der Waals surface area contributed by atoms with Gasteiger partial charge in [0.15, 0.2) is 6.10 Å². The van der Waals surface area contributed by atoms with Crippen molar-refractivity contribution in [1.82, 2.24) is 5.43 Å². The van der Waals surface area contributed by atoms with Crippen molar-refractivity contribution < 1.29 is 9.53 Å². The quantitative estimate of drug-likeness (QED) is 0.870. The molecule has 1 amide bonds. The van der Waals surface area contributed by atoms with E-state index in [0.29, 0.717) is 0 Å². The van der Waals surface area contributed by atoms with Crippen molar-refractivity contribution in [1.29, 1.82) is 0 Å². The Hall–Kier alpha value is -1.49. The average Bonchev–Trinajstić information content (AvgIpc) is 2.50. The predicted molar refractivity (Wildman–Crippen MR) is 88.1 cm³/mol. The Labute approximate surface area is 130 Å². The molecule has 21 heavy (non-hydrogen) atoms. The van der Waals surface area contributed by atoms with Gasteiger partial charge in [-0.05, 0) is 62.3 Å². The lowest BCUT2D eigenvalue weighted by Gasteiger charge is -2.17. The van der Waals surface area contributed by atoms with E-state index in [0.717, 1.165) is 46.9 Å². The Morgan fingerprint density at radius 2 is 2.05 bits per heavy atom. The molecule has 1 fully saturated rings. The number of amides is 1. The van der Waals surface area contributed by atoms with E-state index in [1.54, 1.807) is 6.92 Å². The number of ether oxygens (including phenoxy) is 1. The van der Waals surface area contributed by atoms with Gasteiger partial charge in [-0.15, -0.1) is 0 Å². The van der Waals surface area contributed by atoms with Gasteiger partial charge in [-0.1, -0.05) is 12.1 Å². The van der Waals surface area contributed by atoms with Gasteiger partial charge in [-0.25, -0.2) is 5.43 Å². The molecule has 0 bridgehead atoms. The van der Waals surface area contributed by atoms with Crippen LogP contribution in [0.5, 0.6) is 5.75 Å². The fourth-order valence-corrected chi connectivity index (χ4v) is 3.00. The van der Waals surface area contributed by atoms with Crippen molar-refractivity contribution in [3.05, 3.63) is 29.3 Å². The van der Waals surface area contributed by atoms with Gasteiger partial charge in [-0.2, -0.15) is 16.9 Å². The molecule has 1 aliphatic heterocycles. The summed E-state index contributed by atoms with van der Waals surface area (Å²) in [6.45, 7) is 5.77. The molecule has 5 heteroatoms. The molecule has 0 radical (unpaired) electrons. The molecule has 1 aliphatic rings. The Kier molecular flexibility index (Phi) is 5.67. The normalized spacial score (nSPS) is 16.2. The minimum absolute atomic E-state index is 0.207. The summed E-state index contributed by atoms with van der Waals surface area (Å²) < 4.78 is 5.74. The first-order chi connectivity index (χ1) is 10.1. The lowest BCUT2D eigenvalue weighted by atomic mass is 10.1. The summed E-state index contributed by atoms with van der Waals surface area (Å²) in [5, 5.41) is 4.21. The maximum absolute atomic E-state index is 12.0. The second-order valence-corrected chi connectivity index (χ2v) is 6.45. The van der Waals surface area contributed by atoms with Crippen molar-refractivity contribution in [3.8, 4) is 5.75 Å². The minimum Gasteiger partial charge on any atom is -0.481 e. The zero-order valence-corrected chi connectivity index (χ0v) is 13.6. The first-order valence-corrected chi connectivity index (χ1v) is 8.39. The van der Waals surface area contributed by atoms with Crippen molar-refractivity contribution in [2.24, 2.45) is 5.10 Å². The monoisotopic (exact) mass is 306 g/mol. The van der Waals surface area contributed by atoms with Gasteiger partial charge in [0.1, 0.15) is 5.75 Å². The van der Waals surface area contributed by atoms with Crippen LogP contribution < -0.4 is 10.2 Å². The van der Waals surface area contributed by atoms with Gasteiger partial charge >= 0.3 is 0 Å². The first kappa shape index (κ1) is 15.9. The summed E-state index contributed by atoms with van der Waals surface area (Å²) in [4.78, 5) is 12.0. The molecule has 0 aromatic heterocycles. The molecule has 114 valence electrons. The van der Waals surface area contributed by atoms with Crippen LogP contribution in [0.4, 0.5) is 0 Å². The van der Waals surface area contributed by atoms with Gasteiger partial charge in [0.25, 0.3) is 5.91 Å². The molecule has 4 nitrogen and oxygen atoms in total. The highest BCUT2D eigenvalue weighted by Crippen LogP contribution is 2.21. The van der Waals surface area contributed by atoms with Gasteiger partial charge in [0.05, 0.1) is 0 Å². The number of thioether (sulfide) groups is 1. The lowest BCUT2D eigenvalue weighted by molar-refractivity contribution is -0.127. The number of aryl methyl sites for hydroxylation is 1. The standard InChI is InChI=1S/C16H22N2O2S/c1-11-5-4-6-15(12(11)2)20-13(3)16(19)18-17-14-7-9-21-10-8-14/h4-6,13H,7-10H2,1-3H3,(H,18,19)/t13-/m1/s1. The molecule has 0 spiro atoms. The minimum atomic E-state index is -0.562. The third kappa shape index (κ3) is 4.49. The third-order valence-corrected chi connectivity index (χ3v) is 4.61. The molecule has 1 heterocycles. The fraction of sp³-hybridized carbons (Fsp3) is 0.500. The van der Waals surface area contributed by atoms with E-state index in [9.17, 15) is 4.79 Å². The van der Waals surface area contributed by atoms with Crippen molar-refractivity contribution in [2.75, 3.05) is 11.5 Å². The number of hydrazone groups is 1. The van der Waals surface area contributed by atoms with Crippen LogP contribution in [0.3, 0.4) is 0 Å². The number of rotatable bonds is 4. The smallest absolute Gasteiger partial charge is 0.280 e. The summed E-state index contributed by atoms with van der Waals surface area (Å²) >= 11 is 1.93. The van der Waals surface area contributed by atoms with Crippen LogP contribution in [0.15, 0.2) is 23.3 Å². The molecule has 2 rings (SSSR count). The predicted octanol–water partition coefficient (Wildman–Crippen LogP) is 3.07. The number of carbonyl (C=O) groups excluding carboxylic acids is 1. The van der Waals surface area contributed by atoms with E-state index < -0.39 is 6.10 Å². The van der Waals surface area contributed by atoms with Gasteiger partial charge in [0.2, 0.25) is 0 Å². The number of carbonyl (C=O) groups is 1. The van der Waals surface area contributed by atoms with E-state index in [-0.39, 0.29) is 5.91 Å². The van der Waals surface area contributed by atoms with E-state index in [1.165, 1.54) is 0 Å². The van der Waals surface area contributed by atoms with E-state index in [1.807, 2.05) is 43.8 Å². The van der Waals surface area contributed by atoms with Crippen LogP contribution in [0, 0.1) is 13.8 Å². The van der Waals surface area contributed by atoms with E-state index in [2.05, 4.69) is 10.5 Å². The van der Waals surface area contributed by atoms with Gasteiger partial charge in [0, 0.05) is 5.71 Å². The molecular formula is C16H22N2O2S. The summed E-state index contributed by atoms with van der Waals surface area (Å²) in [6, 6.07) is 5.85. The molecule has 1 aromatic carbocycles. The molecular weight excluding hydrogens is 284 g/mol. The molecule has 1 N–H and O–H groups in total. The second-order valence-electron chi connectivity index (χ2n) is 5.22. The van der Waals surface area contributed by atoms with Crippen molar-refractivity contribution in [3.63, 3.8) is 0 Å². The molecule has 1 aromatic rings. The fourth-order valence-electron chi connectivity index (χ4n) is 2.04. The van der Waals surface area contributed by atoms with Gasteiger partial charge in [-0.3, -0.25) is 4.79 Å². The number of hydrogen-bond donors (Lipinski definition) is 1. The number of nitrogens with one attached hydrogen (secondary N) is 1. The Morgan fingerprint density at radius 1 is 1.33 bits per heavy atom. The zero-order chi connectivity index (χ0) is 15.2. The maximum Gasteiger partial charge on any atom is 0.280 e. The first-order valence-electron chi connectivity index (χ1n) is 7.24. The SMILES string of the molecule is Cc1cccc(O[C@H](C)C(=O)NN=C2CCSCC2)c1C. The maximum atomic E-state index is 12.0. The zero-order valence-electron chi connectivity index (χ0n) is 12.8. The Morgan fingerprint density at radius 3 is 2.76 bits per heavy atom. The van der Waals surface area contributed by atoms with Gasteiger partial charge < -0.3 is 4.74 Å². The molecule has 1 atom stereocenters. The third-order valence-electron chi connectivity index (χ3n) is 3.62. The molecule has 0 aliphatic carbocycles. The van der Waals surface area contributed by atoms with Crippen LogP contribution in [0.25, 0.3) is 0 Å². The topological polar surface area (TPSA) is 50.7 Å².